The van der Waals surface area contributed by atoms with Crippen LogP contribution < -0.4 is 4.74 Å². The number of hydrogen-bond acceptors (Lipinski definition) is 3. The molecular formula is C17H20FNO2Si. The van der Waals surface area contributed by atoms with Crippen LogP contribution in [0.1, 0.15) is 13.8 Å². The van der Waals surface area contributed by atoms with Crippen LogP contribution in [0.2, 0.25) is 0 Å². The second-order valence-corrected chi connectivity index (χ2v) is 5.81. The van der Waals surface area contributed by atoms with Crippen molar-refractivity contribution in [2.24, 2.45) is 0 Å². The maximum atomic E-state index is 13.2. The molecular weight excluding hydrogens is 297 g/mol. The second-order valence-electron chi connectivity index (χ2n) is 4.70. The van der Waals surface area contributed by atoms with Gasteiger partial charge in [-0.15, -0.1) is 0 Å². The molecule has 22 heavy (non-hydrogen) atoms. The molecule has 0 spiro atoms. The summed E-state index contributed by atoms with van der Waals surface area (Å²) in [7, 11) is 0.315. The summed E-state index contributed by atoms with van der Waals surface area (Å²) in [6, 6.07) is 14.1. The van der Waals surface area contributed by atoms with E-state index in [2.05, 4.69) is 18.4 Å². The van der Waals surface area contributed by atoms with Crippen molar-refractivity contribution in [3.63, 3.8) is 0 Å². The number of hydrogen-bond donors (Lipinski definition) is 0. The second kappa shape index (κ2) is 8.68. The first-order chi connectivity index (χ1) is 10.7. The molecule has 2 aromatic rings. The summed E-state index contributed by atoms with van der Waals surface area (Å²) < 4.78 is 26.4. The summed E-state index contributed by atoms with van der Waals surface area (Å²) in [5.41, 5.74) is 1.81. The first kappa shape index (κ1) is 16.7. The van der Waals surface area contributed by atoms with Crippen molar-refractivity contribution in [3.05, 3.63) is 54.3 Å². The molecule has 0 aliphatic carbocycles. The molecule has 2 rings (SSSR count). The quantitative estimate of drug-likeness (QED) is 0.421. The Kier molecular flexibility index (Phi) is 6.58. The van der Waals surface area contributed by atoms with Crippen LogP contribution in [0, 0.1) is 5.82 Å². The van der Waals surface area contributed by atoms with Gasteiger partial charge >= 0.3 is 9.92 Å². The molecule has 0 fully saturated rings. The van der Waals surface area contributed by atoms with Crippen molar-refractivity contribution >= 4 is 9.92 Å². The van der Waals surface area contributed by atoms with Crippen LogP contribution in [0.15, 0.2) is 48.5 Å². The summed E-state index contributed by atoms with van der Waals surface area (Å²) in [6.45, 7) is 6.38. The maximum absolute atomic E-state index is 13.2. The zero-order valence-electron chi connectivity index (χ0n) is 12.9. The van der Waals surface area contributed by atoms with E-state index >= 15 is 0 Å². The third kappa shape index (κ3) is 4.94. The number of halogens is 1. The van der Waals surface area contributed by atoms with E-state index in [0.717, 1.165) is 30.0 Å². The molecule has 2 aromatic carbocycles. The Morgan fingerprint density at radius 1 is 1.00 bits per heavy atom. The molecule has 0 amide bonds. The Morgan fingerprint density at radius 2 is 1.73 bits per heavy atom. The minimum absolute atomic E-state index is 0.230. The molecule has 3 nitrogen and oxygen atoms in total. The molecule has 0 bridgehead atoms. The lowest BCUT2D eigenvalue weighted by Crippen LogP contribution is -2.30. The predicted octanol–water partition coefficient (Wildman–Crippen LogP) is 3.72. The summed E-state index contributed by atoms with van der Waals surface area (Å²) in [5.74, 6) is 0.508. The van der Waals surface area contributed by atoms with Crippen molar-refractivity contribution in [2.75, 3.05) is 19.9 Å². The highest BCUT2D eigenvalue weighted by molar-refractivity contribution is 6.23. The van der Waals surface area contributed by atoms with Gasteiger partial charge in [-0.2, -0.15) is 0 Å². The molecule has 0 saturated heterocycles. The lowest BCUT2D eigenvalue weighted by Gasteiger charge is -2.15. The fraction of sp³-hybridized carbons (Fsp3) is 0.294. The van der Waals surface area contributed by atoms with E-state index in [4.69, 9.17) is 9.16 Å². The van der Waals surface area contributed by atoms with E-state index in [9.17, 15) is 4.39 Å². The Morgan fingerprint density at radius 3 is 2.36 bits per heavy atom. The molecule has 5 heteroatoms. The molecule has 0 N–H and O–H groups in total. The van der Waals surface area contributed by atoms with Gasteiger partial charge in [-0.3, -0.25) is 0 Å². The van der Waals surface area contributed by atoms with Crippen molar-refractivity contribution in [3.8, 4) is 16.9 Å². The number of rotatable bonds is 8. The van der Waals surface area contributed by atoms with Gasteiger partial charge in [0.2, 0.25) is 0 Å². The van der Waals surface area contributed by atoms with Crippen molar-refractivity contribution < 1.29 is 13.6 Å². The largest absolute Gasteiger partial charge is 0.469 e. The van der Waals surface area contributed by atoms with Crippen LogP contribution >= 0.6 is 0 Å². The van der Waals surface area contributed by atoms with Crippen LogP contribution in [0.3, 0.4) is 0 Å². The molecule has 0 aliphatic heterocycles. The molecule has 0 unspecified atom stereocenters. The average Bonchev–Trinajstić information content (AvgIpc) is 2.55. The van der Waals surface area contributed by atoms with Crippen molar-refractivity contribution in [2.45, 2.75) is 13.8 Å². The third-order valence-electron chi connectivity index (χ3n) is 3.25. The summed E-state index contributed by atoms with van der Waals surface area (Å²) in [4.78, 5) is 0. The van der Waals surface area contributed by atoms with Crippen LogP contribution in [0.25, 0.3) is 11.1 Å². The topological polar surface area (TPSA) is 21.7 Å². The van der Waals surface area contributed by atoms with Gasteiger partial charge in [0.15, 0.2) is 6.79 Å². The van der Waals surface area contributed by atoms with E-state index in [1.807, 2.05) is 30.3 Å². The summed E-state index contributed by atoms with van der Waals surface area (Å²) in [6.07, 6.45) is 0. The Bertz CT molecular complexity index is 573. The minimum Gasteiger partial charge on any atom is -0.469 e. The third-order valence-corrected chi connectivity index (χ3v) is 4.39. The van der Waals surface area contributed by atoms with Crippen LogP contribution in [0.5, 0.6) is 5.75 Å². The predicted molar refractivity (Wildman–Crippen MR) is 87.1 cm³/mol. The first-order valence-corrected chi connectivity index (χ1v) is 8.19. The van der Waals surface area contributed by atoms with Gasteiger partial charge in [0.25, 0.3) is 0 Å². The monoisotopic (exact) mass is 317 g/mol. The first-order valence-electron chi connectivity index (χ1n) is 7.34. The van der Waals surface area contributed by atoms with Crippen LogP contribution in [0.4, 0.5) is 4.39 Å². The van der Waals surface area contributed by atoms with Gasteiger partial charge in [-0.1, -0.05) is 38.1 Å². The highest BCUT2D eigenvalue weighted by atomic mass is 28.2. The smallest absolute Gasteiger partial charge is 0.343 e. The van der Waals surface area contributed by atoms with Gasteiger partial charge < -0.3 is 13.7 Å². The number of ether oxygens (including phenoxy) is 1. The molecule has 116 valence electrons. The summed E-state index contributed by atoms with van der Waals surface area (Å²) in [5, 5.41) is 0. The van der Waals surface area contributed by atoms with E-state index in [-0.39, 0.29) is 12.6 Å². The molecule has 0 aliphatic rings. The maximum Gasteiger partial charge on any atom is 0.343 e. The molecule has 0 atom stereocenters. The fourth-order valence-electron chi connectivity index (χ4n) is 1.98. The molecule has 0 aromatic heterocycles. The highest BCUT2D eigenvalue weighted by Crippen LogP contribution is 2.22. The SMILES string of the molecule is CCN(CC)[Si]OCOc1ccc(-c2cccc(F)c2)cc1. The standard InChI is InChI=1S/C17H20FNO2Si/c1-3-19(4-2)22-21-13-20-17-10-8-14(9-11-17)15-6-5-7-16(18)12-15/h5-12H,3-4,13H2,1-2H3. The Labute approximate surface area is 133 Å². The fourth-order valence-corrected chi connectivity index (χ4v) is 2.53. The van der Waals surface area contributed by atoms with E-state index in [1.165, 1.54) is 12.1 Å². The van der Waals surface area contributed by atoms with Crippen LogP contribution in [-0.4, -0.2) is 34.4 Å². The normalized spacial score (nSPS) is 10.9. The van der Waals surface area contributed by atoms with Gasteiger partial charge in [-0.25, -0.2) is 4.39 Å². The summed E-state index contributed by atoms with van der Waals surface area (Å²) >= 11 is 0. The molecule has 0 heterocycles. The number of nitrogens with zero attached hydrogens (tertiary/aromatic N) is 1. The van der Waals surface area contributed by atoms with Crippen molar-refractivity contribution in [1.29, 1.82) is 0 Å². The van der Waals surface area contributed by atoms with Gasteiger partial charge in [-0.05, 0) is 48.5 Å². The minimum atomic E-state index is -0.233. The van der Waals surface area contributed by atoms with Gasteiger partial charge in [0, 0.05) is 0 Å². The molecule has 2 radical (unpaired) electrons. The lowest BCUT2D eigenvalue weighted by atomic mass is 10.1. The van der Waals surface area contributed by atoms with Gasteiger partial charge in [0.05, 0.1) is 0 Å². The Balaban J connectivity index is 1.84. The number of benzene rings is 2. The average molecular weight is 317 g/mol. The molecule has 0 saturated carbocycles. The van der Waals surface area contributed by atoms with Crippen molar-refractivity contribution in [1.82, 2.24) is 4.57 Å². The zero-order chi connectivity index (χ0) is 15.8. The van der Waals surface area contributed by atoms with Crippen LogP contribution in [-0.2, 0) is 4.43 Å². The van der Waals surface area contributed by atoms with E-state index < -0.39 is 0 Å². The highest BCUT2D eigenvalue weighted by Gasteiger charge is 2.03. The van der Waals surface area contributed by atoms with E-state index in [0.29, 0.717) is 9.92 Å². The van der Waals surface area contributed by atoms with Gasteiger partial charge in [0.1, 0.15) is 11.6 Å². The van der Waals surface area contributed by atoms with E-state index in [1.54, 1.807) is 6.07 Å². The Hall–Kier alpha value is -1.69. The lowest BCUT2D eigenvalue weighted by molar-refractivity contribution is 0.113. The zero-order valence-corrected chi connectivity index (χ0v) is 13.9.